The lowest BCUT2D eigenvalue weighted by Gasteiger charge is -2.11. The largest absolute Gasteiger partial charge is 0.462 e. The number of thiocarbonyl (C=S) groups is 1. The van der Waals surface area contributed by atoms with Crippen LogP contribution >= 0.6 is 39.5 Å². The van der Waals surface area contributed by atoms with Crippen LogP contribution in [-0.4, -0.2) is 46.6 Å². The number of carbonyl (C=O) groups excluding carboxylic acids is 2. The van der Waals surface area contributed by atoms with Crippen LogP contribution in [0.5, 0.6) is 0 Å². The van der Waals surface area contributed by atoms with Crippen molar-refractivity contribution in [2.24, 2.45) is 0 Å². The first-order valence-corrected chi connectivity index (χ1v) is 11.5. The number of rotatable bonds is 9. The van der Waals surface area contributed by atoms with E-state index in [9.17, 15) is 9.59 Å². The van der Waals surface area contributed by atoms with Gasteiger partial charge in [-0.15, -0.1) is 11.3 Å². The summed E-state index contributed by atoms with van der Waals surface area (Å²) in [6.07, 6.45) is 2.74. The summed E-state index contributed by atoms with van der Waals surface area (Å²) in [5.41, 5.74) is 1.75. The predicted octanol–water partition coefficient (Wildman–Crippen LogP) is 4.05. The van der Waals surface area contributed by atoms with E-state index in [0.29, 0.717) is 32.7 Å². The van der Waals surface area contributed by atoms with Gasteiger partial charge in [0, 0.05) is 19.3 Å². The molecule has 0 aliphatic carbocycles. The molecular formula is C19H25BrN4O4S2. The number of nitrogens with one attached hydrogen (secondary N) is 2. The molecule has 0 aliphatic rings. The Hall–Kier alpha value is -1.98. The summed E-state index contributed by atoms with van der Waals surface area (Å²) >= 11 is 9.92. The highest BCUT2D eigenvalue weighted by Crippen LogP contribution is 2.34. The number of anilines is 1. The molecule has 164 valence electrons. The molecule has 0 aromatic carbocycles. The Morgan fingerprint density at radius 1 is 1.23 bits per heavy atom. The molecule has 0 unspecified atom stereocenters. The molecule has 0 atom stereocenters. The number of nitrogens with zero attached hydrogens (tertiary/aromatic N) is 2. The summed E-state index contributed by atoms with van der Waals surface area (Å²) in [7, 11) is 0. The molecule has 2 aromatic rings. The van der Waals surface area contributed by atoms with E-state index < -0.39 is 11.9 Å². The molecule has 8 nitrogen and oxygen atoms in total. The fourth-order valence-corrected chi connectivity index (χ4v) is 4.32. The van der Waals surface area contributed by atoms with Crippen LogP contribution in [0.1, 0.15) is 51.6 Å². The van der Waals surface area contributed by atoms with Crippen molar-refractivity contribution < 1.29 is 19.1 Å². The zero-order valence-corrected chi connectivity index (χ0v) is 20.6. The van der Waals surface area contributed by atoms with Gasteiger partial charge >= 0.3 is 11.9 Å². The van der Waals surface area contributed by atoms with Gasteiger partial charge < -0.3 is 20.1 Å². The first kappa shape index (κ1) is 24.3. The van der Waals surface area contributed by atoms with Crippen LogP contribution in [0, 0.1) is 13.8 Å². The lowest BCUT2D eigenvalue weighted by atomic mass is 10.1. The highest BCUT2D eigenvalue weighted by Gasteiger charge is 2.26. The van der Waals surface area contributed by atoms with Gasteiger partial charge in [0.1, 0.15) is 9.88 Å². The highest BCUT2D eigenvalue weighted by molar-refractivity contribution is 9.10. The summed E-state index contributed by atoms with van der Waals surface area (Å²) in [6, 6.07) is 0. The van der Waals surface area contributed by atoms with Gasteiger partial charge in [-0.05, 0) is 67.8 Å². The van der Waals surface area contributed by atoms with E-state index in [4.69, 9.17) is 21.7 Å². The number of carbonyl (C=O) groups is 2. The molecule has 2 rings (SSSR count). The summed E-state index contributed by atoms with van der Waals surface area (Å²) in [4.78, 5) is 25.0. The zero-order valence-electron chi connectivity index (χ0n) is 17.3. The lowest BCUT2D eigenvalue weighted by Crippen LogP contribution is -2.30. The van der Waals surface area contributed by atoms with Crippen molar-refractivity contribution in [3.05, 3.63) is 32.4 Å². The van der Waals surface area contributed by atoms with Crippen molar-refractivity contribution in [2.45, 2.75) is 40.7 Å². The van der Waals surface area contributed by atoms with E-state index in [-0.39, 0.29) is 13.2 Å². The normalized spacial score (nSPS) is 10.6. The van der Waals surface area contributed by atoms with Crippen LogP contribution in [0.25, 0.3) is 0 Å². The van der Waals surface area contributed by atoms with E-state index in [0.717, 1.165) is 34.5 Å². The predicted molar refractivity (Wildman–Crippen MR) is 124 cm³/mol. The van der Waals surface area contributed by atoms with E-state index >= 15 is 0 Å². The molecule has 11 heteroatoms. The third kappa shape index (κ3) is 6.26. The number of halogens is 1. The third-order valence-corrected chi connectivity index (χ3v) is 6.26. The van der Waals surface area contributed by atoms with Crippen LogP contribution in [0.3, 0.4) is 0 Å². The van der Waals surface area contributed by atoms with Crippen LogP contribution in [-0.2, 0) is 16.0 Å². The molecule has 0 fully saturated rings. The molecule has 0 radical (unpaired) electrons. The van der Waals surface area contributed by atoms with Gasteiger partial charge in [0.25, 0.3) is 0 Å². The van der Waals surface area contributed by atoms with E-state index in [2.05, 4.69) is 31.7 Å². The molecule has 0 amide bonds. The standard InChI is InChI=1S/C19H25BrN4O4S2/c1-5-27-17(25)14-11(3)15(18(26)28-6-2)30-16(14)22-19(29)21-8-7-9-24-10-13(20)12(4)23-24/h10H,5-9H2,1-4H3,(H2,21,22,29). The van der Waals surface area contributed by atoms with Crippen molar-refractivity contribution in [3.8, 4) is 0 Å². The molecule has 2 N–H and O–H groups in total. The molecule has 2 heterocycles. The SMILES string of the molecule is CCOC(=O)c1sc(NC(=S)NCCCn2cc(Br)c(C)n2)c(C(=O)OCC)c1C. The second-order valence-electron chi connectivity index (χ2n) is 6.26. The van der Waals surface area contributed by atoms with E-state index in [1.807, 2.05) is 17.8 Å². The van der Waals surface area contributed by atoms with Crippen molar-refractivity contribution in [3.63, 3.8) is 0 Å². The van der Waals surface area contributed by atoms with Gasteiger partial charge in [-0.3, -0.25) is 4.68 Å². The van der Waals surface area contributed by atoms with E-state index in [1.54, 1.807) is 20.8 Å². The van der Waals surface area contributed by atoms with Crippen LogP contribution < -0.4 is 10.6 Å². The molecular weight excluding hydrogens is 492 g/mol. The van der Waals surface area contributed by atoms with Crippen molar-refractivity contribution in [2.75, 3.05) is 25.1 Å². The molecule has 0 spiro atoms. The molecule has 30 heavy (non-hydrogen) atoms. The van der Waals surface area contributed by atoms with Gasteiger partial charge in [0.05, 0.1) is 28.9 Å². The van der Waals surface area contributed by atoms with Crippen molar-refractivity contribution >= 4 is 61.5 Å². The minimum Gasteiger partial charge on any atom is -0.462 e. The Kier molecular flexibility index (Phi) is 9.25. The number of hydrogen-bond donors (Lipinski definition) is 2. The lowest BCUT2D eigenvalue weighted by molar-refractivity contribution is 0.0527. The Morgan fingerprint density at radius 3 is 2.50 bits per heavy atom. The number of ether oxygens (including phenoxy) is 2. The smallest absolute Gasteiger partial charge is 0.348 e. The molecule has 0 aliphatic heterocycles. The van der Waals surface area contributed by atoms with Crippen molar-refractivity contribution in [1.29, 1.82) is 0 Å². The second-order valence-corrected chi connectivity index (χ2v) is 8.54. The maximum absolute atomic E-state index is 12.4. The minimum atomic E-state index is -0.508. The Labute approximate surface area is 193 Å². The Bertz CT molecular complexity index is 907. The number of aryl methyl sites for hydroxylation is 2. The summed E-state index contributed by atoms with van der Waals surface area (Å²) in [5, 5.41) is 11.3. The maximum atomic E-state index is 12.4. The van der Waals surface area contributed by atoms with Gasteiger partial charge in [0.15, 0.2) is 5.11 Å². The first-order valence-electron chi connectivity index (χ1n) is 9.50. The number of esters is 2. The molecule has 0 bridgehead atoms. The highest BCUT2D eigenvalue weighted by atomic mass is 79.9. The molecule has 0 saturated carbocycles. The minimum absolute atomic E-state index is 0.230. The van der Waals surface area contributed by atoms with Gasteiger partial charge in [-0.1, -0.05) is 0 Å². The number of thiophene rings is 1. The second kappa shape index (κ2) is 11.4. The Balaban J connectivity index is 2.02. The van der Waals surface area contributed by atoms with Crippen LogP contribution in [0.2, 0.25) is 0 Å². The summed E-state index contributed by atoms with van der Waals surface area (Å²) in [5.74, 6) is -0.982. The summed E-state index contributed by atoms with van der Waals surface area (Å²) < 4.78 is 13.1. The first-order chi connectivity index (χ1) is 14.3. The number of aromatic nitrogens is 2. The van der Waals surface area contributed by atoms with Gasteiger partial charge in [-0.25, -0.2) is 9.59 Å². The van der Waals surface area contributed by atoms with E-state index in [1.165, 1.54) is 0 Å². The van der Waals surface area contributed by atoms with Crippen LogP contribution in [0.4, 0.5) is 5.00 Å². The quantitative estimate of drug-likeness (QED) is 0.292. The average Bonchev–Trinajstić information content (AvgIpc) is 3.18. The van der Waals surface area contributed by atoms with Gasteiger partial charge in [-0.2, -0.15) is 5.10 Å². The molecule has 0 saturated heterocycles. The maximum Gasteiger partial charge on any atom is 0.348 e. The average molecular weight is 517 g/mol. The number of hydrogen-bond acceptors (Lipinski definition) is 7. The van der Waals surface area contributed by atoms with Crippen molar-refractivity contribution in [1.82, 2.24) is 15.1 Å². The van der Waals surface area contributed by atoms with Gasteiger partial charge in [0.2, 0.25) is 0 Å². The topological polar surface area (TPSA) is 94.5 Å². The zero-order chi connectivity index (χ0) is 22.3. The summed E-state index contributed by atoms with van der Waals surface area (Å²) in [6.45, 7) is 8.92. The fourth-order valence-electron chi connectivity index (χ4n) is 2.64. The fraction of sp³-hybridized carbons (Fsp3) is 0.474. The third-order valence-electron chi connectivity index (χ3n) is 4.05. The monoisotopic (exact) mass is 516 g/mol. The Morgan fingerprint density at radius 2 is 1.90 bits per heavy atom. The molecule has 2 aromatic heterocycles. The van der Waals surface area contributed by atoms with Crippen LogP contribution in [0.15, 0.2) is 10.7 Å².